The van der Waals surface area contributed by atoms with Crippen molar-refractivity contribution < 1.29 is 4.74 Å². The summed E-state index contributed by atoms with van der Waals surface area (Å²) in [7, 11) is 0. The number of hydrogen-bond donors (Lipinski definition) is 1. The summed E-state index contributed by atoms with van der Waals surface area (Å²) in [5.41, 5.74) is 3.78. The van der Waals surface area contributed by atoms with Crippen LogP contribution in [0.5, 0.6) is 0 Å². The van der Waals surface area contributed by atoms with Gasteiger partial charge in [0.2, 0.25) is 0 Å². The molecule has 0 amide bonds. The molecular weight excluding hydrogens is 282 g/mol. The summed E-state index contributed by atoms with van der Waals surface area (Å²) in [6.07, 6.45) is 2.09. The SMILES string of the molecule is CCNC(CC1OCCc2ccccc21)c1snnc1C. The van der Waals surface area contributed by atoms with E-state index in [9.17, 15) is 0 Å². The molecule has 2 unspecified atom stereocenters. The standard InChI is InChI=1S/C16H21N3OS/c1-3-17-14(16-11(2)18-19-21-16)10-15-13-7-5-4-6-12(13)8-9-20-15/h4-7,14-15,17H,3,8-10H2,1-2H3. The van der Waals surface area contributed by atoms with Gasteiger partial charge in [0.05, 0.1) is 23.3 Å². The highest BCUT2D eigenvalue weighted by Gasteiger charge is 2.26. The molecule has 0 aliphatic carbocycles. The smallest absolute Gasteiger partial charge is 0.0846 e. The first kappa shape index (κ1) is 14.6. The Kier molecular flexibility index (Phi) is 4.63. The van der Waals surface area contributed by atoms with Gasteiger partial charge in [0.1, 0.15) is 0 Å². The summed E-state index contributed by atoms with van der Waals surface area (Å²) >= 11 is 1.49. The second kappa shape index (κ2) is 6.64. The average Bonchev–Trinajstić information content (AvgIpc) is 2.93. The number of hydrogen-bond acceptors (Lipinski definition) is 5. The number of ether oxygens (including phenoxy) is 1. The van der Waals surface area contributed by atoms with Crippen LogP contribution in [0.25, 0.3) is 0 Å². The number of benzene rings is 1. The number of rotatable bonds is 5. The first-order chi connectivity index (χ1) is 10.3. The van der Waals surface area contributed by atoms with Crippen molar-refractivity contribution >= 4 is 11.5 Å². The fraction of sp³-hybridized carbons (Fsp3) is 0.500. The van der Waals surface area contributed by atoms with Crippen molar-refractivity contribution in [2.24, 2.45) is 0 Å². The van der Waals surface area contributed by atoms with Gasteiger partial charge >= 0.3 is 0 Å². The molecule has 0 saturated carbocycles. The molecule has 2 aromatic rings. The second-order valence-corrected chi connectivity index (χ2v) is 6.16. The Morgan fingerprint density at radius 2 is 2.29 bits per heavy atom. The highest BCUT2D eigenvalue weighted by Crippen LogP contribution is 2.35. The van der Waals surface area contributed by atoms with E-state index in [4.69, 9.17) is 4.74 Å². The molecule has 1 aliphatic rings. The maximum absolute atomic E-state index is 6.04. The van der Waals surface area contributed by atoms with Crippen LogP contribution >= 0.6 is 11.5 Å². The molecule has 21 heavy (non-hydrogen) atoms. The van der Waals surface area contributed by atoms with Crippen LogP contribution in [-0.4, -0.2) is 22.7 Å². The molecule has 0 bridgehead atoms. The third-order valence-electron chi connectivity index (χ3n) is 4.00. The first-order valence-corrected chi connectivity index (χ1v) is 8.28. The second-order valence-electron chi connectivity index (χ2n) is 5.38. The lowest BCUT2D eigenvalue weighted by atomic mass is 9.93. The molecule has 0 radical (unpaired) electrons. The molecule has 2 atom stereocenters. The molecule has 0 spiro atoms. The summed E-state index contributed by atoms with van der Waals surface area (Å²) in [5.74, 6) is 0. The Hall–Kier alpha value is -1.30. The predicted molar refractivity (Wildman–Crippen MR) is 84.5 cm³/mol. The molecule has 1 aromatic heterocycles. The number of nitrogens with zero attached hydrogens (tertiary/aromatic N) is 2. The van der Waals surface area contributed by atoms with E-state index in [1.807, 2.05) is 6.92 Å². The average molecular weight is 303 g/mol. The molecule has 1 N–H and O–H groups in total. The first-order valence-electron chi connectivity index (χ1n) is 7.51. The van der Waals surface area contributed by atoms with Crippen LogP contribution in [0.1, 0.15) is 47.2 Å². The Morgan fingerprint density at radius 1 is 1.43 bits per heavy atom. The Bertz CT molecular complexity index is 599. The van der Waals surface area contributed by atoms with Crippen LogP contribution in [0, 0.1) is 6.92 Å². The van der Waals surface area contributed by atoms with Gasteiger partial charge in [-0.05, 0) is 49.0 Å². The van der Waals surface area contributed by atoms with Gasteiger partial charge in [-0.1, -0.05) is 35.7 Å². The van der Waals surface area contributed by atoms with Crippen molar-refractivity contribution in [3.8, 4) is 0 Å². The molecule has 0 saturated heterocycles. The molecule has 0 fully saturated rings. The van der Waals surface area contributed by atoms with E-state index in [0.717, 1.165) is 31.7 Å². The summed E-state index contributed by atoms with van der Waals surface area (Å²) in [4.78, 5) is 1.23. The molecule has 4 nitrogen and oxygen atoms in total. The number of fused-ring (bicyclic) bond motifs is 1. The zero-order valence-corrected chi connectivity index (χ0v) is 13.3. The van der Waals surface area contributed by atoms with Gasteiger partial charge in [0, 0.05) is 6.04 Å². The van der Waals surface area contributed by atoms with Gasteiger partial charge < -0.3 is 10.1 Å². The molecule has 1 aliphatic heterocycles. The third-order valence-corrected chi connectivity index (χ3v) is 4.94. The van der Waals surface area contributed by atoms with Gasteiger partial charge in [-0.25, -0.2) is 0 Å². The van der Waals surface area contributed by atoms with Crippen LogP contribution in [-0.2, 0) is 11.2 Å². The van der Waals surface area contributed by atoms with Crippen molar-refractivity contribution in [2.75, 3.05) is 13.2 Å². The normalized spacial score (nSPS) is 19.2. The Labute approximate surface area is 129 Å². The molecule has 3 rings (SSSR count). The van der Waals surface area contributed by atoms with Gasteiger partial charge in [0.25, 0.3) is 0 Å². The fourth-order valence-electron chi connectivity index (χ4n) is 2.97. The number of aryl methyl sites for hydroxylation is 1. The minimum atomic E-state index is 0.153. The minimum Gasteiger partial charge on any atom is -0.373 e. The zero-order valence-electron chi connectivity index (χ0n) is 12.5. The van der Waals surface area contributed by atoms with E-state index < -0.39 is 0 Å². The van der Waals surface area contributed by atoms with Crippen LogP contribution in [0.3, 0.4) is 0 Å². The van der Waals surface area contributed by atoms with Crippen molar-refractivity contribution in [1.29, 1.82) is 0 Å². The van der Waals surface area contributed by atoms with Crippen LogP contribution in [0.2, 0.25) is 0 Å². The monoisotopic (exact) mass is 303 g/mol. The molecule has 5 heteroatoms. The topological polar surface area (TPSA) is 47.0 Å². The number of nitrogens with one attached hydrogen (secondary N) is 1. The van der Waals surface area contributed by atoms with Crippen LogP contribution < -0.4 is 5.32 Å². The lowest BCUT2D eigenvalue weighted by Gasteiger charge is -2.29. The van der Waals surface area contributed by atoms with E-state index in [1.54, 1.807) is 0 Å². The van der Waals surface area contributed by atoms with Gasteiger partial charge in [-0.15, -0.1) is 5.10 Å². The maximum Gasteiger partial charge on any atom is 0.0846 e. The van der Waals surface area contributed by atoms with E-state index in [0.29, 0.717) is 0 Å². The third kappa shape index (κ3) is 3.15. The molecule has 2 heterocycles. The van der Waals surface area contributed by atoms with Crippen molar-refractivity contribution in [3.05, 3.63) is 46.0 Å². The zero-order chi connectivity index (χ0) is 14.7. The lowest BCUT2D eigenvalue weighted by Crippen LogP contribution is -2.26. The van der Waals surface area contributed by atoms with Crippen molar-refractivity contribution in [3.63, 3.8) is 0 Å². The van der Waals surface area contributed by atoms with E-state index >= 15 is 0 Å². The summed E-state index contributed by atoms with van der Waals surface area (Å²) in [6, 6.07) is 8.88. The van der Waals surface area contributed by atoms with E-state index in [2.05, 4.69) is 46.1 Å². The summed E-state index contributed by atoms with van der Waals surface area (Å²) in [6.45, 7) is 5.89. The predicted octanol–water partition coefficient (Wildman–Crippen LogP) is 3.20. The van der Waals surface area contributed by atoms with E-state index in [-0.39, 0.29) is 12.1 Å². The highest BCUT2D eigenvalue weighted by molar-refractivity contribution is 7.05. The number of aromatic nitrogens is 2. The molecule has 112 valence electrons. The lowest BCUT2D eigenvalue weighted by molar-refractivity contribution is 0.0296. The maximum atomic E-state index is 6.04. The van der Waals surface area contributed by atoms with Gasteiger partial charge in [0.15, 0.2) is 0 Å². The summed E-state index contributed by atoms with van der Waals surface area (Å²) < 4.78 is 10.1. The summed E-state index contributed by atoms with van der Waals surface area (Å²) in [5, 5.41) is 7.70. The van der Waals surface area contributed by atoms with Crippen LogP contribution in [0.4, 0.5) is 0 Å². The highest BCUT2D eigenvalue weighted by atomic mass is 32.1. The molecular formula is C16H21N3OS. The minimum absolute atomic E-state index is 0.153. The van der Waals surface area contributed by atoms with Crippen LogP contribution in [0.15, 0.2) is 24.3 Å². The van der Waals surface area contributed by atoms with Gasteiger partial charge in [-0.2, -0.15) is 0 Å². The van der Waals surface area contributed by atoms with E-state index in [1.165, 1.54) is 27.5 Å². The van der Waals surface area contributed by atoms with Crippen molar-refractivity contribution in [2.45, 2.75) is 38.8 Å². The van der Waals surface area contributed by atoms with Gasteiger partial charge in [-0.3, -0.25) is 0 Å². The fourth-order valence-corrected chi connectivity index (χ4v) is 3.70. The Balaban J connectivity index is 1.83. The quantitative estimate of drug-likeness (QED) is 0.921. The Morgan fingerprint density at radius 3 is 3.05 bits per heavy atom. The van der Waals surface area contributed by atoms with Crippen molar-refractivity contribution in [1.82, 2.24) is 14.9 Å². The molecule has 1 aromatic carbocycles. The largest absolute Gasteiger partial charge is 0.373 e.